The molecule has 4 heterocycles. The predicted octanol–water partition coefficient (Wildman–Crippen LogP) is 3.58. The van der Waals surface area contributed by atoms with Crippen molar-refractivity contribution in [1.29, 1.82) is 0 Å². The highest BCUT2D eigenvalue weighted by Crippen LogP contribution is 2.35. The minimum atomic E-state index is -0.114. The van der Waals surface area contributed by atoms with E-state index in [-0.39, 0.29) is 11.9 Å². The Kier molecular flexibility index (Phi) is 5.78. The summed E-state index contributed by atoms with van der Waals surface area (Å²) in [6.07, 6.45) is 4.92. The molecule has 2 aliphatic heterocycles. The van der Waals surface area contributed by atoms with Crippen molar-refractivity contribution in [2.75, 3.05) is 57.4 Å². The first-order valence-electron chi connectivity index (χ1n) is 12.2. The SMILES string of the molecule is Fc1ccccc1CN1CCN(CC2CC2)C(c2cn3c(N4CCOCC4)cccc3n2)C1. The van der Waals surface area contributed by atoms with Gasteiger partial charge in [0.15, 0.2) is 0 Å². The van der Waals surface area contributed by atoms with E-state index < -0.39 is 0 Å². The van der Waals surface area contributed by atoms with Gasteiger partial charge in [0.25, 0.3) is 0 Å². The van der Waals surface area contributed by atoms with E-state index in [2.05, 4.69) is 43.5 Å². The molecule has 1 unspecified atom stereocenters. The topological polar surface area (TPSA) is 36.2 Å². The molecule has 1 atom stereocenters. The van der Waals surface area contributed by atoms with E-state index in [1.54, 1.807) is 12.1 Å². The monoisotopic (exact) mass is 449 g/mol. The van der Waals surface area contributed by atoms with Gasteiger partial charge in [-0.2, -0.15) is 0 Å². The maximum Gasteiger partial charge on any atom is 0.138 e. The second kappa shape index (κ2) is 9.05. The van der Waals surface area contributed by atoms with E-state index >= 15 is 0 Å². The zero-order valence-corrected chi connectivity index (χ0v) is 19.1. The molecular weight excluding hydrogens is 417 g/mol. The van der Waals surface area contributed by atoms with E-state index in [1.807, 2.05) is 12.1 Å². The molecule has 2 saturated heterocycles. The van der Waals surface area contributed by atoms with Crippen LogP contribution in [0.3, 0.4) is 0 Å². The molecule has 1 aliphatic carbocycles. The van der Waals surface area contributed by atoms with Crippen molar-refractivity contribution in [1.82, 2.24) is 19.2 Å². The average Bonchev–Trinajstić information content (AvgIpc) is 3.56. The number of fused-ring (bicyclic) bond motifs is 1. The number of hydrogen-bond acceptors (Lipinski definition) is 5. The molecule has 6 nitrogen and oxygen atoms in total. The van der Waals surface area contributed by atoms with Gasteiger partial charge in [-0.3, -0.25) is 14.2 Å². The highest BCUT2D eigenvalue weighted by molar-refractivity contribution is 5.53. The summed E-state index contributed by atoms with van der Waals surface area (Å²) >= 11 is 0. The number of nitrogens with zero attached hydrogens (tertiary/aromatic N) is 5. The van der Waals surface area contributed by atoms with Gasteiger partial charge in [-0.25, -0.2) is 9.37 Å². The van der Waals surface area contributed by atoms with Crippen LogP contribution in [0.15, 0.2) is 48.7 Å². The summed E-state index contributed by atoms with van der Waals surface area (Å²) in [6, 6.07) is 13.8. The van der Waals surface area contributed by atoms with Crippen LogP contribution in [0.4, 0.5) is 10.2 Å². The van der Waals surface area contributed by atoms with Crippen LogP contribution >= 0.6 is 0 Å². The number of anilines is 1. The molecule has 3 aliphatic rings. The lowest BCUT2D eigenvalue weighted by Gasteiger charge is -2.41. The minimum Gasteiger partial charge on any atom is -0.378 e. The summed E-state index contributed by atoms with van der Waals surface area (Å²) in [6.45, 7) is 7.96. The maximum absolute atomic E-state index is 14.3. The molecule has 1 saturated carbocycles. The number of hydrogen-bond donors (Lipinski definition) is 0. The summed E-state index contributed by atoms with van der Waals surface area (Å²) in [5.41, 5.74) is 2.89. The van der Waals surface area contributed by atoms with Crippen LogP contribution in [0.25, 0.3) is 5.65 Å². The normalized spacial score (nSPS) is 22.8. The second-order valence-corrected chi connectivity index (χ2v) is 9.66. The molecule has 3 aromatic rings. The molecule has 7 heteroatoms. The van der Waals surface area contributed by atoms with Crippen LogP contribution in [0.1, 0.15) is 30.1 Å². The van der Waals surface area contributed by atoms with Crippen LogP contribution in [-0.2, 0) is 11.3 Å². The predicted molar refractivity (Wildman–Crippen MR) is 127 cm³/mol. The van der Waals surface area contributed by atoms with Gasteiger partial charge in [0.2, 0.25) is 0 Å². The van der Waals surface area contributed by atoms with Crippen LogP contribution < -0.4 is 4.90 Å². The fourth-order valence-electron chi connectivity index (χ4n) is 5.25. The zero-order valence-electron chi connectivity index (χ0n) is 19.1. The van der Waals surface area contributed by atoms with Crippen molar-refractivity contribution in [2.24, 2.45) is 5.92 Å². The van der Waals surface area contributed by atoms with Crippen molar-refractivity contribution >= 4 is 11.5 Å². The van der Waals surface area contributed by atoms with Crippen LogP contribution in [0, 0.1) is 11.7 Å². The minimum absolute atomic E-state index is 0.114. The molecule has 0 N–H and O–H groups in total. The van der Waals surface area contributed by atoms with Crippen molar-refractivity contribution in [3.8, 4) is 0 Å². The van der Waals surface area contributed by atoms with Gasteiger partial charge in [0, 0.05) is 57.6 Å². The first kappa shape index (κ1) is 21.1. The van der Waals surface area contributed by atoms with Gasteiger partial charge in [-0.15, -0.1) is 0 Å². The Hall–Kier alpha value is -2.48. The third-order valence-electron chi connectivity index (χ3n) is 7.28. The van der Waals surface area contributed by atoms with E-state index in [4.69, 9.17) is 9.72 Å². The highest BCUT2D eigenvalue weighted by Gasteiger charge is 2.34. The number of ether oxygens (including phenoxy) is 1. The zero-order chi connectivity index (χ0) is 22.2. The van der Waals surface area contributed by atoms with Crippen LogP contribution in [0.5, 0.6) is 0 Å². The van der Waals surface area contributed by atoms with Crippen LogP contribution in [-0.4, -0.2) is 71.7 Å². The van der Waals surface area contributed by atoms with Gasteiger partial charge in [0.1, 0.15) is 17.3 Å². The van der Waals surface area contributed by atoms with Gasteiger partial charge >= 0.3 is 0 Å². The first-order valence-corrected chi connectivity index (χ1v) is 12.2. The van der Waals surface area contributed by atoms with Crippen molar-refractivity contribution in [3.63, 3.8) is 0 Å². The molecule has 0 radical (unpaired) electrons. The fraction of sp³-hybridized carbons (Fsp3) is 0.500. The quantitative estimate of drug-likeness (QED) is 0.575. The molecule has 0 bridgehead atoms. The number of rotatable bonds is 6. The molecule has 0 amide bonds. The summed E-state index contributed by atoms with van der Waals surface area (Å²) in [4.78, 5) is 12.5. The van der Waals surface area contributed by atoms with Gasteiger partial charge in [-0.1, -0.05) is 24.3 Å². The summed E-state index contributed by atoms with van der Waals surface area (Å²) in [5.74, 6) is 1.89. The number of pyridine rings is 1. The number of aromatic nitrogens is 2. The summed E-state index contributed by atoms with van der Waals surface area (Å²) < 4.78 is 22.1. The Morgan fingerprint density at radius 1 is 0.970 bits per heavy atom. The number of halogens is 1. The van der Waals surface area contributed by atoms with Crippen molar-refractivity contribution in [2.45, 2.75) is 25.4 Å². The fourth-order valence-corrected chi connectivity index (χ4v) is 5.25. The first-order chi connectivity index (χ1) is 16.2. The van der Waals surface area contributed by atoms with Gasteiger partial charge in [0.05, 0.1) is 24.9 Å². The Morgan fingerprint density at radius 3 is 2.64 bits per heavy atom. The van der Waals surface area contributed by atoms with E-state index in [9.17, 15) is 4.39 Å². The van der Waals surface area contributed by atoms with Gasteiger partial charge < -0.3 is 9.64 Å². The van der Waals surface area contributed by atoms with Crippen molar-refractivity contribution < 1.29 is 9.13 Å². The number of benzene rings is 1. The maximum atomic E-state index is 14.3. The molecule has 2 aromatic heterocycles. The lowest BCUT2D eigenvalue weighted by molar-refractivity contribution is 0.0634. The summed E-state index contributed by atoms with van der Waals surface area (Å²) in [7, 11) is 0. The molecule has 6 rings (SSSR count). The molecule has 1 aromatic carbocycles. The van der Waals surface area contributed by atoms with Crippen LogP contribution in [0.2, 0.25) is 0 Å². The van der Waals surface area contributed by atoms with E-state index in [0.717, 1.165) is 75.3 Å². The van der Waals surface area contributed by atoms with E-state index in [0.29, 0.717) is 6.54 Å². The average molecular weight is 450 g/mol. The number of morpholine rings is 1. The Bertz CT molecular complexity index is 1110. The van der Waals surface area contributed by atoms with Gasteiger partial charge in [-0.05, 0) is 37.0 Å². The lowest BCUT2D eigenvalue weighted by atomic mass is 10.1. The van der Waals surface area contributed by atoms with E-state index in [1.165, 1.54) is 18.7 Å². The third kappa shape index (κ3) is 4.50. The standard InChI is InChI=1S/C26H32FN5O/c27-22-5-2-1-4-21(22)17-29-10-11-31(16-20-8-9-20)24(19-29)23-18-32-25(28-23)6-3-7-26(32)30-12-14-33-15-13-30/h1-7,18,20,24H,8-17,19H2. The second-order valence-electron chi connectivity index (χ2n) is 9.66. The molecular formula is C26H32FN5O. The Labute approximate surface area is 194 Å². The lowest BCUT2D eigenvalue weighted by Crippen LogP contribution is -2.48. The molecule has 174 valence electrons. The smallest absolute Gasteiger partial charge is 0.138 e. The summed E-state index contributed by atoms with van der Waals surface area (Å²) in [5, 5.41) is 0. The number of piperazine rings is 1. The molecule has 33 heavy (non-hydrogen) atoms. The Balaban J connectivity index is 1.29. The largest absolute Gasteiger partial charge is 0.378 e. The molecule has 0 spiro atoms. The highest BCUT2D eigenvalue weighted by atomic mass is 19.1. The molecule has 3 fully saturated rings. The Morgan fingerprint density at radius 2 is 1.82 bits per heavy atom. The third-order valence-corrected chi connectivity index (χ3v) is 7.28. The number of imidazole rings is 1. The van der Waals surface area contributed by atoms with Crippen molar-refractivity contribution in [3.05, 3.63) is 65.7 Å².